The average Bonchev–Trinajstić information content (AvgIpc) is 2.65. The Balaban J connectivity index is 2.02. The summed E-state index contributed by atoms with van der Waals surface area (Å²) < 4.78 is 28.8. The van der Waals surface area contributed by atoms with Crippen LogP contribution in [0.1, 0.15) is 37.4 Å². The molecule has 0 aromatic heterocycles. The third-order valence-corrected chi connectivity index (χ3v) is 5.77. The molecule has 0 spiro atoms. The number of rotatable bonds is 8. The lowest BCUT2D eigenvalue weighted by Crippen LogP contribution is -2.29. The van der Waals surface area contributed by atoms with Crippen molar-refractivity contribution in [2.24, 2.45) is 0 Å². The molecule has 2 aromatic rings. The van der Waals surface area contributed by atoms with Gasteiger partial charge in [-0.25, -0.2) is 8.42 Å². The van der Waals surface area contributed by atoms with Crippen LogP contribution in [0.2, 0.25) is 0 Å². The molecule has 6 heteroatoms. The fourth-order valence-corrected chi connectivity index (χ4v) is 3.49. The zero-order chi connectivity index (χ0) is 20.0. The Morgan fingerprint density at radius 3 is 2.33 bits per heavy atom. The smallest absolute Gasteiger partial charge is 0.223 e. The maximum atomic E-state index is 12.6. The zero-order valence-corrected chi connectivity index (χ0v) is 17.1. The Labute approximate surface area is 161 Å². The molecule has 1 unspecified atom stereocenters. The van der Waals surface area contributed by atoms with E-state index in [4.69, 9.17) is 4.74 Å². The number of benzene rings is 2. The number of carbonyl (C=O) groups is 1. The molecule has 0 aliphatic rings. The van der Waals surface area contributed by atoms with E-state index in [0.717, 1.165) is 16.9 Å². The van der Waals surface area contributed by atoms with Crippen molar-refractivity contribution in [3.63, 3.8) is 0 Å². The molecule has 2 rings (SSSR count). The van der Waals surface area contributed by atoms with Gasteiger partial charge in [0.2, 0.25) is 5.91 Å². The van der Waals surface area contributed by atoms with E-state index in [1.54, 1.807) is 36.2 Å². The maximum absolute atomic E-state index is 12.6. The van der Waals surface area contributed by atoms with Crippen molar-refractivity contribution in [2.75, 3.05) is 19.9 Å². The lowest BCUT2D eigenvalue weighted by Gasteiger charge is -2.25. The van der Waals surface area contributed by atoms with E-state index < -0.39 is 9.84 Å². The molecule has 27 heavy (non-hydrogen) atoms. The lowest BCUT2D eigenvalue weighted by atomic mass is 10.1. The first-order chi connectivity index (χ1) is 12.7. The standard InChI is InChI=1S/C21H27NO4S/c1-5-26-20-9-7-6-8-18(20)12-15-21(23)22(3)16(2)17-10-13-19(14-11-17)27(4,24)25/h6-11,13-14,16H,5,12,15H2,1-4H3. The largest absolute Gasteiger partial charge is 0.494 e. The van der Waals surface area contributed by atoms with E-state index in [2.05, 4.69) is 0 Å². The Morgan fingerprint density at radius 1 is 1.11 bits per heavy atom. The van der Waals surface area contributed by atoms with Crippen LogP contribution in [-0.4, -0.2) is 39.1 Å². The van der Waals surface area contributed by atoms with Crippen LogP contribution in [0.25, 0.3) is 0 Å². The molecular formula is C21H27NO4S. The second kappa shape index (κ2) is 9.04. The van der Waals surface area contributed by atoms with Gasteiger partial charge in [-0.1, -0.05) is 30.3 Å². The Morgan fingerprint density at radius 2 is 1.74 bits per heavy atom. The van der Waals surface area contributed by atoms with Gasteiger partial charge in [-0.05, 0) is 49.6 Å². The van der Waals surface area contributed by atoms with E-state index in [1.807, 2.05) is 38.1 Å². The fraction of sp³-hybridized carbons (Fsp3) is 0.381. The topological polar surface area (TPSA) is 63.7 Å². The van der Waals surface area contributed by atoms with E-state index in [-0.39, 0.29) is 16.8 Å². The minimum absolute atomic E-state index is 0.0287. The second-order valence-corrected chi connectivity index (χ2v) is 8.58. The number of ether oxygens (including phenoxy) is 1. The van der Waals surface area contributed by atoms with Crippen molar-refractivity contribution in [3.8, 4) is 5.75 Å². The summed E-state index contributed by atoms with van der Waals surface area (Å²) in [6.07, 6.45) is 2.17. The number of para-hydroxylation sites is 1. The van der Waals surface area contributed by atoms with Crippen molar-refractivity contribution in [2.45, 2.75) is 37.6 Å². The summed E-state index contributed by atoms with van der Waals surface area (Å²) in [6, 6.07) is 14.3. The van der Waals surface area contributed by atoms with Crippen LogP contribution in [-0.2, 0) is 21.1 Å². The molecule has 0 heterocycles. The molecule has 2 aromatic carbocycles. The predicted octanol–water partition coefficient (Wildman–Crippen LogP) is 3.64. The highest BCUT2D eigenvalue weighted by molar-refractivity contribution is 7.90. The van der Waals surface area contributed by atoms with Gasteiger partial charge < -0.3 is 9.64 Å². The average molecular weight is 390 g/mol. The summed E-state index contributed by atoms with van der Waals surface area (Å²) in [7, 11) is -1.45. The van der Waals surface area contributed by atoms with Crippen LogP contribution in [0, 0.1) is 0 Å². The summed E-state index contributed by atoms with van der Waals surface area (Å²) in [4.78, 5) is 14.6. The molecule has 0 saturated heterocycles. The normalized spacial score (nSPS) is 12.4. The summed E-state index contributed by atoms with van der Waals surface area (Å²) in [5.41, 5.74) is 1.92. The van der Waals surface area contributed by atoms with Gasteiger partial charge in [0.15, 0.2) is 9.84 Å². The second-order valence-electron chi connectivity index (χ2n) is 6.56. The molecule has 1 atom stereocenters. The first-order valence-electron chi connectivity index (χ1n) is 9.00. The molecule has 0 fully saturated rings. The SMILES string of the molecule is CCOc1ccccc1CCC(=O)N(C)C(C)c1ccc(S(C)(=O)=O)cc1. The molecule has 0 N–H and O–H groups in total. The third kappa shape index (κ3) is 5.57. The van der Waals surface area contributed by atoms with Crippen molar-refractivity contribution in [1.29, 1.82) is 0 Å². The minimum atomic E-state index is -3.22. The van der Waals surface area contributed by atoms with Gasteiger partial charge in [0.1, 0.15) is 5.75 Å². The van der Waals surface area contributed by atoms with E-state index >= 15 is 0 Å². The summed E-state index contributed by atoms with van der Waals surface area (Å²) in [5.74, 6) is 0.848. The van der Waals surface area contributed by atoms with Crippen molar-refractivity contribution >= 4 is 15.7 Å². The number of amides is 1. The molecular weight excluding hydrogens is 362 g/mol. The zero-order valence-electron chi connectivity index (χ0n) is 16.3. The highest BCUT2D eigenvalue weighted by Gasteiger charge is 2.18. The highest BCUT2D eigenvalue weighted by atomic mass is 32.2. The van der Waals surface area contributed by atoms with E-state index in [1.165, 1.54) is 6.26 Å². The van der Waals surface area contributed by atoms with E-state index in [0.29, 0.717) is 19.4 Å². The molecule has 146 valence electrons. The molecule has 0 aliphatic carbocycles. The van der Waals surface area contributed by atoms with Crippen LogP contribution in [0.3, 0.4) is 0 Å². The van der Waals surface area contributed by atoms with E-state index in [9.17, 15) is 13.2 Å². The molecule has 0 radical (unpaired) electrons. The predicted molar refractivity (Wildman–Crippen MR) is 107 cm³/mol. The third-order valence-electron chi connectivity index (χ3n) is 4.65. The number of hydrogen-bond donors (Lipinski definition) is 0. The van der Waals surface area contributed by atoms with Gasteiger partial charge in [-0.15, -0.1) is 0 Å². The molecule has 0 bridgehead atoms. The number of carbonyl (C=O) groups excluding carboxylic acids is 1. The first kappa shape index (κ1) is 21.0. The quantitative estimate of drug-likeness (QED) is 0.691. The number of hydrogen-bond acceptors (Lipinski definition) is 4. The van der Waals surface area contributed by atoms with Crippen LogP contribution in [0.5, 0.6) is 5.75 Å². The van der Waals surface area contributed by atoms with Crippen LogP contribution >= 0.6 is 0 Å². The van der Waals surface area contributed by atoms with Crippen LogP contribution < -0.4 is 4.74 Å². The highest BCUT2D eigenvalue weighted by Crippen LogP contribution is 2.23. The summed E-state index contributed by atoms with van der Waals surface area (Å²) >= 11 is 0. The first-order valence-corrected chi connectivity index (χ1v) is 10.9. The van der Waals surface area contributed by atoms with Crippen molar-refractivity contribution in [3.05, 3.63) is 59.7 Å². The summed E-state index contributed by atoms with van der Waals surface area (Å²) in [6.45, 7) is 4.46. The number of sulfone groups is 1. The fourth-order valence-electron chi connectivity index (χ4n) is 2.86. The van der Waals surface area contributed by atoms with Gasteiger partial charge in [0, 0.05) is 19.7 Å². The number of nitrogens with zero attached hydrogens (tertiary/aromatic N) is 1. The maximum Gasteiger partial charge on any atom is 0.223 e. The van der Waals surface area contributed by atoms with Gasteiger partial charge in [-0.3, -0.25) is 4.79 Å². The van der Waals surface area contributed by atoms with Gasteiger partial charge in [0.25, 0.3) is 0 Å². The monoisotopic (exact) mass is 389 g/mol. The lowest BCUT2D eigenvalue weighted by molar-refractivity contribution is -0.131. The summed E-state index contributed by atoms with van der Waals surface area (Å²) in [5, 5.41) is 0. The Hall–Kier alpha value is -2.34. The number of aryl methyl sites for hydroxylation is 1. The van der Waals surface area contributed by atoms with Crippen LogP contribution in [0.15, 0.2) is 53.4 Å². The minimum Gasteiger partial charge on any atom is -0.494 e. The molecule has 0 aliphatic heterocycles. The Kier molecular flexibility index (Phi) is 7.02. The van der Waals surface area contributed by atoms with Gasteiger partial charge >= 0.3 is 0 Å². The van der Waals surface area contributed by atoms with Gasteiger partial charge in [0.05, 0.1) is 17.5 Å². The molecule has 0 saturated carbocycles. The van der Waals surface area contributed by atoms with Crippen molar-refractivity contribution in [1.82, 2.24) is 4.90 Å². The van der Waals surface area contributed by atoms with Crippen LogP contribution in [0.4, 0.5) is 0 Å². The molecule has 1 amide bonds. The Bertz CT molecular complexity index is 875. The molecule has 5 nitrogen and oxygen atoms in total. The van der Waals surface area contributed by atoms with Gasteiger partial charge in [-0.2, -0.15) is 0 Å². The van der Waals surface area contributed by atoms with Crippen molar-refractivity contribution < 1.29 is 17.9 Å².